The Labute approximate surface area is 219 Å². The van der Waals surface area contributed by atoms with E-state index >= 15 is 0 Å². The predicted octanol–water partition coefficient (Wildman–Crippen LogP) is 3.67. The van der Waals surface area contributed by atoms with Crippen LogP contribution in [0.25, 0.3) is 16.9 Å². The van der Waals surface area contributed by atoms with Gasteiger partial charge in [0.2, 0.25) is 5.82 Å². The van der Waals surface area contributed by atoms with E-state index in [1.54, 1.807) is 43.1 Å². The van der Waals surface area contributed by atoms with Crippen LogP contribution in [0, 0.1) is 5.82 Å². The van der Waals surface area contributed by atoms with E-state index in [0.29, 0.717) is 48.8 Å². The third-order valence-electron chi connectivity index (χ3n) is 6.94. The van der Waals surface area contributed by atoms with Crippen molar-refractivity contribution in [2.45, 2.75) is 18.8 Å². The number of carbonyl (C=O) groups is 2. The molecule has 0 bridgehead atoms. The van der Waals surface area contributed by atoms with E-state index in [1.807, 2.05) is 29.3 Å². The first-order valence-electron chi connectivity index (χ1n) is 12.5. The molecule has 5 rings (SSSR count). The Hall–Kier alpha value is -4.18. The molecule has 196 valence electrons. The highest BCUT2D eigenvalue weighted by atomic mass is 19.1. The summed E-state index contributed by atoms with van der Waals surface area (Å²) in [7, 11) is 3.28. The largest absolute Gasteiger partial charge is 0.383 e. The SMILES string of the molecule is COCCN(C)C(=O)c1ncc(C2CCN(C(=O)c3c(-c4ccc(F)cc4)nc4ccccn34)CC2)cn1. The minimum Gasteiger partial charge on any atom is -0.383 e. The van der Waals surface area contributed by atoms with Gasteiger partial charge < -0.3 is 14.5 Å². The molecule has 4 heterocycles. The van der Waals surface area contributed by atoms with Gasteiger partial charge >= 0.3 is 0 Å². The van der Waals surface area contributed by atoms with Gasteiger partial charge in [0.15, 0.2) is 0 Å². The second-order valence-electron chi connectivity index (χ2n) is 9.37. The number of ether oxygens (including phenoxy) is 1. The molecule has 1 fully saturated rings. The molecular weight excluding hydrogens is 487 g/mol. The van der Waals surface area contributed by atoms with Crippen LogP contribution in [-0.4, -0.2) is 81.4 Å². The predicted molar refractivity (Wildman–Crippen MR) is 139 cm³/mol. The van der Waals surface area contributed by atoms with Crippen LogP contribution in [0.1, 0.15) is 45.4 Å². The first-order valence-corrected chi connectivity index (χ1v) is 12.5. The zero-order chi connectivity index (χ0) is 26.6. The summed E-state index contributed by atoms with van der Waals surface area (Å²) >= 11 is 0. The lowest BCUT2D eigenvalue weighted by Crippen LogP contribution is -2.38. The number of hydrogen-bond acceptors (Lipinski definition) is 6. The van der Waals surface area contributed by atoms with Crippen LogP contribution in [-0.2, 0) is 4.74 Å². The van der Waals surface area contributed by atoms with Gasteiger partial charge in [-0.1, -0.05) is 6.07 Å². The number of pyridine rings is 1. The number of piperidine rings is 1. The second kappa shape index (κ2) is 11.1. The van der Waals surface area contributed by atoms with Gasteiger partial charge in [0.05, 0.1) is 6.61 Å². The minimum atomic E-state index is -0.341. The van der Waals surface area contributed by atoms with E-state index in [-0.39, 0.29) is 29.4 Å². The van der Waals surface area contributed by atoms with E-state index in [9.17, 15) is 14.0 Å². The molecular formula is C28H29FN6O3. The Morgan fingerprint density at radius 2 is 1.79 bits per heavy atom. The van der Waals surface area contributed by atoms with Crippen molar-refractivity contribution >= 4 is 17.5 Å². The number of amides is 2. The van der Waals surface area contributed by atoms with Crippen molar-refractivity contribution in [3.05, 3.63) is 84.0 Å². The van der Waals surface area contributed by atoms with Gasteiger partial charge in [0, 0.05) is 57.9 Å². The summed E-state index contributed by atoms with van der Waals surface area (Å²) in [6, 6.07) is 11.6. The monoisotopic (exact) mass is 516 g/mol. The summed E-state index contributed by atoms with van der Waals surface area (Å²) < 4.78 is 20.4. The van der Waals surface area contributed by atoms with Crippen molar-refractivity contribution in [3.63, 3.8) is 0 Å². The van der Waals surface area contributed by atoms with Gasteiger partial charge in [-0.2, -0.15) is 0 Å². The van der Waals surface area contributed by atoms with Gasteiger partial charge in [0.25, 0.3) is 11.8 Å². The molecule has 38 heavy (non-hydrogen) atoms. The summed E-state index contributed by atoms with van der Waals surface area (Å²) in [5.41, 5.74) is 3.30. The van der Waals surface area contributed by atoms with E-state index in [4.69, 9.17) is 4.74 Å². The molecule has 0 radical (unpaired) electrons. The summed E-state index contributed by atoms with van der Waals surface area (Å²) in [5.74, 6) is -0.363. The molecule has 0 unspecified atom stereocenters. The second-order valence-corrected chi connectivity index (χ2v) is 9.37. The Bertz CT molecular complexity index is 1430. The number of fused-ring (bicyclic) bond motifs is 1. The zero-order valence-electron chi connectivity index (χ0n) is 21.4. The van der Waals surface area contributed by atoms with Gasteiger partial charge in [-0.15, -0.1) is 0 Å². The summed E-state index contributed by atoms with van der Waals surface area (Å²) in [6.07, 6.45) is 6.74. The fourth-order valence-electron chi connectivity index (χ4n) is 4.73. The standard InChI is InChI=1S/C28H29FN6O3/c1-33(15-16-38-2)28(37)26-30-17-21(18-31-26)19-10-13-34(14-11-19)27(36)25-24(20-6-8-22(29)9-7-20)32-23-5-3-4-12-35(23)25/h3-9,12,17-19H,10-11,13-16H2,1-2H3. The maximum absolute atomic E-state index is 13.8. The Morgan fingerprint density at radius 1 is 1.08 bits per heavy atom. The van der Waals surface area contributed by atoms with Gasteiger partial charge in [0.1, 0.15) is 22.9 Å². The highest BCUT2D eigenvalue weighted by Crippen LogP contribution is 2.30. The molecule has 2 amide bonds. The topological polar surface area (TPSA) is 92.9 Å². The van der Waals surface area contributed by atoms with E-state index in [1.165, 1.54) is 17.0 Å². The van der Waals surface area contributed by atoms with Crippen molar-refractivity contribution in [1.82, 2.24) is 29.2 Å². The van der Waals surface area contributed by atoms with Crippen molar-refractivity contribution < 1.29 is 18.7 Å². The lowest BCUT2D eigenvalue weighted by Gasteiger charge is -2.32. The summed E-state index contributed by atoms with van der Waals surface area (Å²) in [4.78, 5) is 42.9. The number of nitrogens with zero attached hydrogens (tertiary/aromatic N) is 6. The Morgan fingerprint density at radius 3 is 2.47 bits per heavy atom. The maximum Gasteiger partial charge on any atom is 0.291 e. The highest BCUT2D eigenvalue weighted by Gasteiger charge is 2.29. The Kier molecular flexibility index (Phi) is 7.41. The molecule has 3 aromatic heterocycles. The van der Waals surface area contributed by atoms with Crippen LogP contribution in [0.3, 0.4) is 0 Å². The molecule has 0 atom stereocenters. The third kappa shape index (κ3) is 5.12. The van der Waals surface area contributed by atoms with Crippen LogP contribution in [0.4, 0.5) is 4.39 Å². The number of likely N-dealkylation sites (tertiary alicyclic amines) is 1. The molecule has 0 aliphatic carbocycles. The van der Waals surface area contributed by atoms with E-state index in [0.717, 1.165) is 18.4 Å². The van der Waals surface area contributed by atoms with Gasteiger partial charge in [-0.05, 0) is 60.7 Å². The molecule has 0 N–H and O–H groups in total. The average molecular weight is 517 g/mol. The third-order valence-corrected chi connectivity index (χ3v) is 6.94. The van der Waals surface area contributed by atoms with Crippen LogP contribution in [0.5, 0.6) is 0 Å². The van der Waals surface area contributed by atoms with Crippen LogP contribution in [0.2, 0.25) is 0 Å². The lowest BCUT2D eigenvalue weighted by molar-refractivity contribution is 0.0703. The van der Waals surface area contributed by atoms with Crippen LogP contribution in [0.15, 0.2) is 61.1 Å². The number of halogens is 1. The number of methoxy groups -OCH3 is 1. The van der Waals surface area contributed by atoms with Crippen molar-refractivity contribution in [1.29, 1.82) is 0 Å². The zero-order valence-corrected chi connectivity index (χ0v) is 21.4. The van der Waals surface area contributed by atoms with Crippen molar-refractivity contribution in [2.24, 2.45) is 0 Å². The molecule has 0 spiro atoms. The molecule has 4 aromatic rings. The number of imidazole rings is 1. The number of hydrogen-bond donors (Lipinski definition) is 0. The van der Waals surface area contributed by atoms with Crippen LogP contribution >= 0.6 is 0 Å². The fourth-order valence-corrected chi connectivity index (χ4v) is 4.73. The number of aromatic nitrogens is 4. The van der Waals surface area contributed by atoms with Crippen molar-refractivity contribution in [2.75, 3.05) is 40.4 Å². The first kappa shape index (κ1) is 25.5. The number of rotatable bonds is 7. The molecule has 1 saturated heterocycles. The van der Waals surface area contributed by atoms with Gasteiger partial charge in [-0.3, -0.25) is 14.0 Å². The molecule has 9 nitrogen and oxygen atoms in total. The normalized spacial score (nSPS) is 14.1. The smallest absolute Gasteiger partial charge is 0.291 e. The quantitative estimate of drug-likeness (QED) is 0.372. The average Bonchev–Trinajstić information content (AvgIpc) is 3.35. The van der Waals surface area contributed by atoms with Gasteiger partial charge in [-0.25, -0.2) is 19.3 Å². The first-order chi connectivity index (χ1) is 18.5. The van der Waals surface area contributed by atoms with Crippen molar-refractivity contribution in [3.8, 4) is 11.3 Å². The molecule has 10 heteroatoms. The number of benzene rings is 1. The minimum absolute atomic E-state index is 0.113. The number of carbonyl (C=O) groups excluding carboxylic acids is 2. The Balaban J connectivity index is 1.30. The highest BCUT2D eigenvalue weighted by molar-refractivity contribution is 5.99. The lowest BCUT2D eigenvalue weighted by atomic mass is 9.91. The fraction of sp³-hybridized carbons (Fsp3) is 0.321. The van der Waals surface area contributed by atoms with Crippen LogP contribution < -0.4 is 0 Å². The van der Waals surface area contributed by atoms with E-state index in [2.05, 4.69) is 15.0 Å². The molecule has 1 aliphatic heterocycles. The summed E-state index contributed by atoms with van der Waals surface area (Å²) in [6.45, 7) is 2.03. The number of likely N-dealkylation sites (N-methyl/N-ethyl adjacent to an activating group) is 1. The molecule has 1 aliphatic rings. The maximum atomic E-state index is 13.8. The summed E-state index contributed by atoms with van der Waals surface area (Å²) in [5, 5.41) is 0. The molecule has 1 aromatic carbocycles. The van der Waals surface area contributed by atoms with E-state index < -0.39 is 0 Å². The molecule has 0 saturated carbocycles.